The van der Waals surface area contributed by atoms with Crippen molar-refractivity contribution in [3.63, 3.8) is 0 Å². The van der Waals surface area contributed by atoms with Crippen LogP contribution >= 0.6 is 0 Å². The second kappa shape index (κ2) is 5.74. The topological polar surface area (TPSA) is 44.5 Å². The highest BCUT2D eigenvalue weighted by Gasteiger charge is 2.33. The lowest BCUT2D eigenvalue weighted by Crippen LogP contribution is -2.48. The highest BCUT2D eigenvalue weighted by Crippen LogP contribution is 2.17. The van der Waals surface area contributed by atoms with Crippen molar-refractivity contribution in [3.8, 4) is 0 Å². The summed E-state index contributed by atoms with van der Waals surface area (Å²) in [7, 11) is -4.51. The molecule has 2 unspecified atom stereocenters. The zero-order chi connectivity index (χ0) is 12.3. The van der Waals surface area contributed by atoms with Crippen LogP contribution in [0.1, 0.15) is 6.92 Å². The van der Waals surface area contributed by atoms with Gasteiger partial charge in [0.05, 0.1) is 0 Å². The smallest absolute Gasteiger partial charge is 0.310 e. The van der Waals surface area contributed by atoms with Crippen molar-refractivity contribution in [2.45, 2.75) is 58.3 Å². The molecule has 0 rings (SSSR count). The Bertz CT molecular complexity index is 192. The van der Waals surface area contributed by atoms with E-state index < -0.39 is 25.9 Å². The van der Waals surface area contributed by atoms with Crippen LogP contribution in [0.15, 0.2) is 0 Å². The lowest BCUT2D eigenvalue weighted by Gasteiger charge is -2.33. The zero-order valence-corrected chi connectivity index (χ0v) is 14.4. The van der Waals surface area contributed by atoms with Crippen LogP contribution in [-0.4, -0.2) is 32.0 Å². The summed E-state index contributed by atoms with van der Waals surface area (Å²) < 4.78 is 12.3. The van der Waals surface area contributed by atoms with E-state index in [1.54, 1.807) is 0 Å². The van der Waals surface area contributed by atoms with Gasteiger partial charge in [-0.1, -0.05) is 6.92 Å². The Labute approximate surface area is 98.5 Å². The molecule has 0 aromatic carbocycles. The van der Waals surface area contributed by atoms with E-state index in [1.807, 2.05) is 6.92 Å². The van der Waals surface area contributed by atoms with Crippen molar-refractivity contribution in [1.82, 2.24) is 0 Å². The predicted molar refractivity (Wildman–Crippen MR) is 74.5 cm³/mol. The maximum atomic E-state index is 6.13. The molecule has 92 valence electrons. The van der Waals surface area contributed by atoms with Gasteiger partial charge in [0.1, 0.15) is 0 Å². The van der Waals surface area contributed by atoms with Crippen LogP contribution in [0.4, 0.5) is 0 Å². The molecule has 0 fully saturated rings. The maximum absolute atomic E-state index is 6.13. The Hall–Kier alpha value is 0.531. The third-order valence-corrected chi connectivity index (χ3v) is 11.4. The molecule has 0 spiro atoms. The molecule has 0 radical (unpaired) electrons. The second-order valence-corrected chi connectivity index (χ2v) is 16.6. The van der Waals surface area contributed by atoms with Crippen LogP contribution in [0, 0.1) is 0 Å². The summed E-state index contributed by atoms with van der Waals surface area (Å²) in [6.45, 7) is 15.2. The molecule has 0 bridgehead atoms. The summed E-state index contributed by atoms with van der Waals surface area (Å²) in [6, 6.07) is 1.29. The number of hydrogen-bond acceptors (Lipinski definition) is 3. The van der Waals surface area contributed by atoms with E-state index in [4.69, 9.17) is 14.0 Å². The maximum Gasteiger partial charge on any atom is 0.310 e. The molecule has 0 saturated carbocycles. The molecule has 0 aromatic rings. The van der Waals surface area contributed by atoms with Gasteiger partial charge in [0.2, 0.25) is 0 Å². The predicted octanol–water partition coefficient (Wildman–Crippen LogP) is 2.26. The molecule has 15 heavy (non-hydrogen) atoms. The van der Waals surface area contributed by atoms with Crippen molar-refractivity contribution in [3.05, 3.63) is 0 Å². The van der Waals surface area contributed by atoms with Crippen molar-refractivity contribution < 1.29 is 8.23 Å². The molecule has 0 saturated heterocycles. The van der Waals surface area contributed by atoms with E-state index in [0.29, 0.717) is 0 Å². The summed E-state index contributed by atoms with van der Waals surface area (Å²) in [5, 5.41) is 0. The first kappa shape index (κ1) is 15.5. The minimum atomic E-state index is -1.90. The Morgan fingerprint density at radius 2 is 1.67 bits per heavy atom. The number of rotatable bonds is 6. The molecular formula is C9H27NO2Si3. The minimum Gasteiger partial charge on any atom is -0.439 e. The molecule has 0 heterocycles. The van der Waals surface area contributed by atoms with Crippen molar-refractivity contribution in [2.24, 2.45) is 5.73 Å². The Morgan fingerprint density at radius 1 is 1.20 bits per heavy atom. The van der Waals surface area contributed by atoms with E-state index in [9.17, 15) is 0 Å². The Morgan fingerprint density at radius 3 is 2.00 bits per heavy atom. The molecule has 0 aliphatic rings. The molecule has 0 aromatic heterocycles. The third-order valence-electron chi connectivity index (χ3n) is 1.74. The first-order valence-electron chi connectivity index (χ1n) is 5.65. The fourth-order valence-electron chi connectivity index (χ4n) is 1.82. The molecule has 0 aliphatic heterocycles. The standard InChI is InChI=1S/C9H27NO2Si3/c1-9(10)8-13(2)11-15(6,7)12-14(3,4)5/h9,13H,8,10H2,1-7H3. The SMILES string of the molecule is CC(N)C[SiH](C)O[Si](C)(C)O[Si](C)(C)C. The van der Waals surface area contributed by atoms with Crippen LogP contribution in [0.5, 0.6) is 0 Å². The molecule has 2 N–H and O–H groups in total. The zero-order valence-electron chi connectivity index (χ0n) is 11.3. The van der Waals surface area contributed by atoms with Gasteiger partial charge in [0.25, 0.3) is 0 Å². The monoisotopic (exact) mass is 265 g/mol. The van der Waals surface area contributed by atoms with Crippen LogP contribution in [0.25, 0.3) is 0 Å². The summed E-state index contributed by atoms with van der Waals surface area (Å²) >= 11 is 0. The van der Waals surface area contributed by atoms with Gasteiger partial charge in [-0.2, -0.15) is 0 Å². The average Bonchev–Trinajstić information content (AvgIpc) is 1.73. The van der Waals surface area contributed by atoms with E-state index in [-0.39, 0.29) is 6.04 Å². The van der Waals surface area contributed by atoms with E-state index in [0.717, 1.165) is 6.04 Å². The van der Waals surface area contributed by atoms with Crippen LogP contribution in [-0.2, 0) is 8.23 Å². The molecule has 2 atom stereocenters. The van der Waals surface area contributed by atoms with Gasteiger partial charge in [0.15, 0.2) is 17.4 Å². The van der Waals surface area contributed by atoms with Gasteiger partial charge in [-0.15, -0.1) is 0 Å². The minimum absolute atomic E-state index is 0.253. The van der Waals surface area contributed by atoms with Gasteiger partial charge in [-0.3, -0.25) is 0 Å². The molecule has 0 amide bonds. The van der Waals surface area contributed by atoms with Crippen LogP contribution < -0.4 is 5.73 Å². The quantitative estimate of drug-likeness (QED) is 0.749. The van der Waals surface area contributed by atoms with Crippen LogP contribution in [0.3, 0.4) is 0 Å². The van der Waals surface area contributed by atoms with Gasteiger partial charge in [-0.05, 0) is 45.3 Å². The second-order valence-electron chi connectivity index (χ2n) is 5.76. The van der Waals surface area contributed by atoms with Crippen molar-refractivity contribution in [1.29, 1.82) is 0 Å². The van der Waals surface area contributed by atoms with Crippen LogP contribution in [0.2, 0.25) is 45.3 Å². The number of nitrogens with two attached hydrogens (primary N) is 1. The third kappa shape index (κ3) is 9.46. The first-order chi connectivity index (χ1) is 6.52. The summed E-state index contributed by atoms with van der Waals surface area (Å²) in [6.07, 6.45) is 0. The number of hydrogen-bond donors (Lipinski definition) is 1. The summed E-state index contributed by atoms with van der Waals surface area (Å²) in [4.78, 5) is 0. The summed E-state index contributed by atoms with van der Waals surface area (Å²) in [5.74, 6) is 0. The van der Waals surface area contributed by atoms with Gasteiger partial charge in [0, 0.05) is 6.04 Å². The van der Waals surface area contributed by atoms with Crippen molar-refractivity contribution in [2.75, 3.05) is 0 Å². The largest absolute Gasteiger partial charge is 0.439 e. The van der Waals surface area contributed by atoms with Gasteiger partial charge >= 0.3 is 8.56 Å². The van der Waals surface area contributed by atoms with Gasteiger partial charge in [-0.25, -0.2) is 0 Å². The molecular weight excluding hydrogens is 238 g/mol. The molecule has 0 aliphatic carbocycles. The molecule has 6 heteroatoms. The Kier molecular flexibility index (Phi) is 5.94. The van der Waals surface area contributed by atoms with E-state index >= 15 is 0 Å². The van der Waals surface area contributed by atoms with E-state index in [2.05, 4.69) is 39.3 Å². The first-order valence-corrected chi connectivity index (χ1v) is 14.3. The van der Waals surface area contributed by atoms with Gasteiger partial charge < -0.3 is 14.0 Å². The Balaban J connectivity index is 4.13. The van der Waals surface area contributed by atoms with Crippen molar-refractivity contribution >= 4 is 25.9 Å². The lowest BCUT2D eigenvalue weighted by molar-refractivity contribution is 0.400. The summed E-state index contributed by atoms with van der Waals surface area (Å²) in [5.41, 5.74) is 5.78. The normalized spacial score (nSPS) is 17.6. The highest BCUT2D eigenvalue weighted by molar-refractivity contribution is 6.84. The highest BCUT2D eigenvalue weighted by atomic mass is 28.5. The fourth-order valence-corrected chi connectivity index (χ4v) is 13.7. The fraction of sp³-hybridized carbons (Fsp3) is 1.00. The molecule has 3 nitrogen and oxygen atoms in total. The van der Waals surface area contributed by atoms with E-state index in [1.165, 1.54) is 0 Å². The lowest BCUT2D eigenvalue weighted by atomic mass is 10.4. The average molecular weight is 266 g/mol.